The van der Waals surface area contributed by atoms with Gasteiger partial charge in [0, 0.05) is 95.3 Å². The van der Waals surface area contributed by atoms with Crippen LogP contribution in [0, 0.1) is 23.7 Å². The van der Waals surface area contributed by atoms with E-state index in [4.69, 9.17) is 39.0 Å². The van der Waals surface area contributed by atoms with Gasteiger partial charge < -0.3 is 59.9 Å². The molecule has 13 atom stereocenters. The molecule has 1 aromatic rings. The van der Waals surface area contributed by atoms with Crippen LogP contribution in [-0.2, 0) is 79.9 Å². The minimum absolute atomic E-state index is 0.0139. The number of methoxy groups -OCH3 is 1. The summed E-state index contributed by atoms with van der Waals surface area (Å²) in [5.74, 6) is -3.97. The van der Waals surface area contributed by atoms with Gasteiger partial charge in [-0.05, 0) is 101 Å². The van der Waals surface area contributed by atoms with Gasteiger partial charge in [-0.2, -0.15) is 9.59 Å². The van der Waals surface area contributed by atoms with E-state index in [0.717, 1.165) is 4.90 Å². The van der Waals surface area contributed by atoms with Crippen molar-refractivity contribution in [3.8, 4) is 0 Å². The number of carbonyl (C=O) groups excluding carboxylic acids is 11. The lowest BCUT2D eigenvalue weighted by atomic mass is 9.88. The summed E-state index contributed by atoms with van der Waals surface area (Å²) in [5, 5.41) is 35.4. The number of ketones is 2. The summed E-state index contributed by atoms with van der Waals surface area (Å²) in [7, 11) is 1.50. The topological polar surface area (TPSA) is 346 Å². The number of unbranched alkanes of at least 4 members (excludes halogenated alkanes) is 3. The van der Waals surface area contributed by atoms with Crippen molar-refractivity contribution in [2.24, 2.45) is 29.4 Å². The van der Waals surface area contributed by atoms with Crippen molar-refractivity contribution in [1.82, 2.24) is 20.0 Å². The number of primary amides is 1. The highest BCUT2D eigenvalue weighted by Crippen LogP contribution is 2.38. The standard InChI is InChI=1S/C68H101N5O17.CO2/c1-11-49-41-71(65(83)89-57-28-23-45(6)62(90-61(81)39-51(75)31-33-68(57,9)86-10)44(5)19-18-32-67(8,85)40-56-63(88-56)46(7)54(76)12-2)35-36-72(49)66(84)87-42-48-26-24-47(25-27-48)37-55(77)53(21-15-16-22-58(69)78)70-64(82)52(43(3)4)38-50(74)20-14-13-17-34-73-59(79)29-30-60(73)80;2-1-3/h18-19,23-30,32,43,45-46,49,51-54,56-57,62-63,75-76,85H,11-17,20-22,31,33-42H2,1-10H3,(H2,69,78)(H,70,82);/b28-23+,32-18+,44-19+;/t45-,46+,49-,51+,52-,53-,54-,56+,57-,62+,63+,67-,68+;/m0./s1. The van der Waals surface area contributed by atoms with E-state index in [-0.39, 0.29) is 138 Å². The van der Waals surface area contributed by atoms with E-state index in [1.54, 1.807) is 74.2 Å². The minimum Gasteiger partial charge on any atom is -0.457 e. The van der Waals surface area contributed by atoms with Crippen LogP contribution in [0.2, 0.25) is 0 Å². The minimum atomic E-state index is -1.22. The second kappa shape index (κ2) is 38.2. The highest BCUT2D eigenvalue weighted by molar-refractivity contribution is 6.12. The van der Waals surface area contributed by atoms with Crippen LogP contribution in [0.3, 0.4) is 0 Å². The number of cyclic esters (lactones) is 1. The molecule has 1 aromatic carbocycles. The number of hydrogen-bond donors (Lipinski definition) is 5. The maximum Gasteiger partial charge on any atom is 0.410 e. The molecule has 6 N–H and O–H groups in total. The highest BCUT2D eigenvalue weighted by atomic mass is 16.6. The normalized spacial score (nSPS) is 25.0. The van der Waals surface area contributed by atoms with Gasteiger partial charge in [0.1, 0.15) is 24.1 Å². The van der Waals surface area contributed by atoms with Crippen molar-refractivity contribution in [3.63, 3.8) is 0 Å². The van der Waals surface area contributed by atoms with Gasteiger partial charge in [-0.15, -0.1) is 0 Å². The Hall–Kier alpha value is -7.21. The summed E-state index contributed by atoms with van der Waals surface area (Å²) in [5.41, 5.74) is 4.98. The Labute approximate surface area is 547 Å². The molecule has 2 fully saturated rings. The van der Waals surface area contributed by atoms with Gasteiger partial charge in [0.2, 0.25) is 11.8 Å². The van der Waals surface area contributed by atoms with Gasteiger partial charge in [-0.3, -0.25) is 38.5 Å². The van der Waals surface area contributed by atoms with Crippen LogP contribution in [0.1, 0.15) is 170 Å². The lowest BCUT2D eigenvalue weighted by Gasteiger charge is -2.41. The van der Waals surface area contributed by atoms with Gasteiger partial charge in [0.15, 0.2) is 11.9 Å². The zero-order valence-electron chi connectivity index (χ0n) is 55.9. The number of carbonyl (C=O) groups is 9. The molecule has 93 heavy (non-hydrogen) atoms. The zero-order valence-corrected chi connectivity index (χ0v) is 55.9. The molecule has 516 valence electrons. The molecule has 2 saturated heterocycles. The smallest absolute Gasteiger partial charge is 0.410 e. The summed E-state index contributed by atoms with van der Waals surface area (Å²) < 4.78 is 29.9. The number of rotatable bonds is 32. The largest absolute Gasteiger partial charge is 0.457 e. The molecule has 0 radical (unpaired) electrons. The number of nitrogens with zero attached hydrogens (tertiary/aromatic N) is 3. The summed E-state index contributed by atoms with van der Waals surface area (Å²) in [6, 6.07) is 5.67. The quantitative estimate of drug-likeness (QED) is 0.00934. The lowest BCUT2D eigenvalue weighted by Crippen LogP contribution is -2.57. The molecule has 24 heteroatoms. The molecule has 6 amide bonds. The van der Waals surface area contributed by atoms with Gasteiger partial charge in [0.05, 0.1) is 48.5 Å². The van der Waals surface area contributed by atoms with E-state index in [9.17, 15) is 58.5 Å². The first-order valence-electron chi connectivity index (χ1n) is 32.7. The number of aliphatic hydroxyl groups excluding tert-OH is 2. The van der Waals surface area contributed by atoms with Crippen molar-refractivity contribution in [3.05, 3.63) is 83.5 Å². The van der Waals surface area contributed by atoms with E-state index in [1.165, 1.54) is 24.2 Å². The number of hydrogen-bond acceptors (Lipinski definition) is 19. The number of allylic oxidation sites excluding steroid dienone is 2. The number of esters is 1. The van der Waals surface area contributed by atoms with Gasteiger partial charge >= 0.3 is 24.3 Å². The van der Waals surface area contributed by atoms with Crippen molar-refractivity contribution < 1.29 is 91.7 Å². The Bertz CT molecular complexity index is 2830. The maximum atomic E-state index is 14.2. The maximum absolute atomic E-state index is 14.2. The zero-order chi connectivity index (χ0) is 69.2. The molecule has 0 aromatic heterocycles. The number of epoxide rings is 1. The summed E-state index contributed by atoms with van der Waals surface area (Å²) >= 11 is 0. The molecule has 0 spiro atoms. The average Bonchev–Trinajstić information content (AvgIpc) is 1.54. The Morgan fingerprint density at radius 3 is 2.22 bits per heavy atom. The summed E-state index contributed by atoms with van der Waals surface area (Å²) in [6.45, 7) is 17.2. The number of piperazine rings is 1. The number of amides is 6. The Morgan fingerprint density at radius 2 is 1.59 bits per heavy atom. The van der Waals surface area contributed by atoms with Crippen LogP contribution in [0.5, 0.6) is 0 Å². The van der Waals surface area contributed by atoms with Crippen LogP contribution in [0.25, 0.3) is 0 Å². The van der Waals surface area contributed by atoms with Gasteiger partial charge in [-0.1, -0.05) is 103 Å². The number of aliphatic hydroxyl groups is 3. The van der Waals surface area contributed by atoms with E-state index >= 15 is 0 Å². The third-order valence-electron chi connectivity index (χ3n) is 17.9. The van der Waals surface area contributed by atoms with Gasteiger partial charge in [0.25, 0.3) is 11.8 Å². The number of imide groups is 1. The van der Waals surface area contributed by atoms with Crippen LogP contribution in [-0.4, -0.2) is 183 Å². The van der Waals surface area contributed by atoms with Crippen LogP contribution < -0.4 is 11.1 Å². The number of Topliss-reactive ketones (excluding diaryl/α,β-unsaturated/α-hetero) is 2. The third-order valence-corrected chi connectivity index (χ3v) is 17.9. The van der Waals surface area contributed by atoms with E-state index in [2.05, 4.69) is 5.32 Å². The molecule has 0 bridgehead atoms. The molecular weight excluding hydrogens is 1200 g/mol. The van der Waals surface area contributed by atoms with Crippen molar-refractivity contribution >= 4 is 59.5 Å². The summed E-state index contributed by atoms with van der Waals surface area (Å²) in [6.07, 6.45) is 11.1. The fourth-order valence-corrected chi connectivity index (χ4v) is 11.7. The molecule has 0 unspecified atom stereocenters. The van der Waals surface area contributed by atoms with Crippen molar-refractivity contribution in [1.29, 1.82) is 0 Å². The predicted molar refractivity (Wildman–Crippen MR) is 341 cm³/mol. The molecule has 5 rings (SSSR count). The first-order valence-corrected chi connectivity index (χ1v) is 32.7. The molecule has 24 nitrogen and oxygen atoms in total. The molecule has 4 heterocycles. The fourth-order valence-electron chi connectivity index (χ4n) is 11.7. The average molecular weight is 1300 g/mol. The third kappa shape index (κ3) is 25.6. The van der Waals surface area contributed by atoms with Crippen LogP contribution in [0.15, 0.2) is 72.4 Å². The Balaban J connectivity index is 0.00000602. The predicted octanol–water partition coefficient (Wildman–Crippen LogP) is 6.87. The van der Waals surface area contributed by atoms with Crippen LogP contribution in [0.4, 0.5) is 9.59 Å². The first-order chi connectivity index (χ1) is 44.0. The number of ether oxygens (including phenoxy) is 5. The highest BCUT2D eigenvalue weighted by Gasteiger charge is 2.47. The number of nitrogens with one attached hydrogen (secondary N) is 1. The molecule has 0 saturated carbocycles. The fraction of sp³-hybridized carbons (Fsp3) is 0.652. The van der Waals surface area contributed by atoms with Crippen LogP contribution >= 0.6 is 0 Å². The van der Waals surface area contributed by atoms with E-state index < -0.39 is 89.5 Å². The number of benzene rings is 1. The first kappa shape index (κ1) is 78.2. The second-order valence-electron chi connectivity index (χ2n) is 25.8. The Morgan fingerprint density at radius 1 is 0.935 bits per heavy atom. The van der Waals surface area contributed by atoms with E-state index in [1.807, 2.05) is 47.6 Å². The lowest BCUT2D eigenvalue weighted by molar-refractivity contribution is -0.192. The van der Waals surface area contributed by atoms with Gasteiger partial charge in [-0.25, -0.2) is 9.59 Å². The monoisotopic (exact) mass is 1300 g/mol. The molecular formula is C69H101N5O19. The molecule has 4 aliphatic rings. The van der Waals surface area contributed by atoms with Crippen molar-refractivity contribution in [2.45, 2.75) is 232 Å². The molecule has 0 aliphatic carbocycles. The number of nitrogens with two attached hydrogens (primary N) is 1. The Kier molecular flexibility index (Phi) is 32.2. The van der Waals surface area contributed by atoms with E-state index in [0.29, 0.717) is 68.1 Å². The molecule has 4 aliphatic heterocycles. The SMILES string of the molecule is CC[C@H]1CN(C(=O)O[C@H]2/C=C/[C@H](C)[C@@H](/C(C)=C/C=C/[C@](C)(O)C[C@H]3O[C@@H]3[C@H](C)[C@@H](O)CC)OC(=O)C[C@H](O)CC[C@@]2(C)OC)CCN1C(=O)OCc1ccc(CC(=O)[C@H](CCCCC(N)=O)NC(=O)[C@@H](CC(=O)CCCCCN2C(=O)C=CC2=O)C(C)C)cc1.O=C=O. The second-order valence-corrected chi connectivity index (χ2v) is 25.8. The summed E-state index contributed by atoms with van der Waals surface area (Å²) in [4.78, 5) is 138. The van der Waals surface area contributed by atoms with Crippen molar-refractivity contribution in [2.75, 3.05) is 33.3 Å².